The highest BCUT2D eigenvalue weighted by atomic mass is 16.2. The second kappa shape index (κ2) is 4.98. The van der Waals surface area contributed by atoms with Crippen LogP contribution in [0.3, 0.4) is 0 Å². The van der Waals surface area contributed by atoms with Crippen LogP contribution in [-0.4, -0.2) is 23.6 Å². The first-order valence-electron chi connectivity index (χ1n) is 7.62. The summed E-state index contributed by atoms with van der Waals surface area (Å²) in [4.78, 5) is 24.7. The molecule has 1 aromatic heterocycles. The van der Waals surface area contributed by atoms with Crippen molar-refractivity contribution in [2.45, 2.75) is 39.7 Å². The minimum Gasteiger partial charge on any atom is -0.321 e. The van der Waals surface area contributed by atoms with Crippen LogP contribution in [0.4, 0.5) is 5.69 Å². The summed E-state index contributed by atoms with van der Waals surface area (Å²) in [6.07, 6.45) is 1.15. The van der Waals surface area contributed by atoms with Crippen LogP contribution < -0.4 is 16.2 Å². The Balaban J connectivity index is 1.94. The Morgan fingerprint density at radius 1 is 1.33 bits per heavy atom. The van der Waals surface area contributed by atoms with Gasteiger partial charge < -0.3 is 15.2 Å². The third-order valence-corrected chi connectivity index (χ3v) is 4.44. The fourth-order valence-corrected chi connectivity index (χ4v) is 3.20. The van der Waals surface area contributed by atoms with E-state index in [2.05, 4.69) is 10.6 Å². The molecule has 3 rings (SSSR count). The zero-order valence-electron chi connectivity index (χ0n) is 12.9. The van der Waals surface area contributed by atoms with Crippen LogP contribution in [-0.2, 0) is 11.3 Å². The first-order chi connectivity index (χ1) is 9.86. The highest BCUT2D eigenvalue weighted by Gasteiger charge is 2.31. The molecule has 1 fully saturated rings. The molecule has 114 valence electrons. The third kappa shape index (κ3) is 2.62. The number of nitrogens with one attached hydrogen (secondary N) is 2. The number of hydrogen-bond acceptors (Lipinski definition) is 3. The van der Waals surface area contributed by atoms with E-state index in [-0.39, 0.29) is 11.5 Å². The normalized spacial score (nSPS) is 24.3. The van der Waals surface area contributed by atoms with Gasteiger partial charge in [-0.3, -0.25) is 9.59 Å². The van der Waals surface area contributed by atoms with Gasteiger partial charge in [-0.05, 0) is 31.0 Å². The Labute approximate surface area is 124 Å². The van der Waals surface area contributed by atoms with E-state index in [1.165, 1.54) is 0 Å². The second-order valence-electron chi connectivity index (χ2n) is 7.25. The van der Waals surface area contributed by atoms with Gasteiger partial charge in [-0.25, -0.2) is 0 Å². The number of anilines is 1. The molecule has 2 aliphatic heterocycles. The van der Waals surface area contributed by atoms with E-state index in [9.17, 15) is 9.59 Å². The van der Waals surface area contributed by atoms with Crippen molar-refractivity contribution >= 4 is 11.6 Å². The monoisotopic (exact) mass is 289 g/mol. The number of fused-ring (bicyclic) bond motifs is 4. The number of aromatic nitrogens is 1. The van der Waals surface area contributed by atoms with E-state index in [0.717, 1.165) is 31.7 Å². The minimum absolute atomic E-state index is 0.0679. The largest absolute Gasteiger partial charge is 0.321 e. The maximum atomic E-state index is 12.6. The standard InChI is InChI=1S/C16H23N3O2/c1-16(2,3)15(21)18-12-4-5-13-11-6-10(7-17-8-11)9-19(13)14(12)20/h4-5,10-11,17H,6-9H2,1-3H3,(H,18,21)/t10-,11+/m0/s1. The first kappa shape index (κ1) is 14.3. The molecule has 2 aliphatic rings. The average Bonchev–Trinajstić information content (AvgIpc) is 2.42. The molecule has 5 nitrogen and oxygen atoms in total. The van der Waals surface area contributed by atoms with E-state index < -0.39 is 5.41 Å². The van der Waals surface area contributed by atoms with Crippen molar-refractivity contribution in [3.8, 4) is 0 Å². The maximum Gasteiger partial charge on any atom is 0.274 e. The summed E-state index contributed by atoms with van der Waals surface area (Å²) in [5, 5.41) is 6.21. The van der Waals surface area contributed by atoms with Crippen LogP contribution in [0.5, 0.6) is 0 Å². The summed E-state index contributed by atoms with van der Waals surface area (Å²) in [5.74, 6) is 0.804. The van der Waals surface area contributed by atoms with Crippen LogP contribution in [0.15, 0.2) is 16.9 Å². The van der Waals surface area contributed by atoms with Crippen LogP contribution in [0.25, 0.3) is 0 Å². The van der Waals surface area contributed by atoms with Gasteiger partial charge in [0.15, 0.2) is 0 Å². The fourth-order valence-electron chi connectivity index (χ4n) is 3.20. The smallest absolute Gasteiger partial charge is 0.274 e. The molecular formula is C16H23N3O2. The summed E-state index contributed by atoms with van der Waals surface area (Å²) in [6, 6.07) is 3.75. The molecule has 1 saturated heterocycles. The zero-order valence-corrected chi connectivity index (χ0v) is 12.9. The number of carbonyl (C=O) groups excluding carboxylic acids is 1. The summed E-state index contributed by atoms with van der Waals surface area (Å²) >= 11 is 0. The van der Waals surface area contributed by atoms with Gasteiger partial charge in [0.05, 0.1) is 0 Å². The molecule has 0 spiro atoms. The van der Waals surface area contributed by atoms with Crippen LogP contribution in [0.2, 0.25) is 0 Å². The Kier molecular flexibility index (Phi) is 3.40. The topological polar surface area (TPSA) is 63.1 Å². The van der Waals surface area contributed by atoms with Gasteiger partial charge in [-0.15, -0.1) is 0 Å². The van der Waals surface area contributed by atoms with Gasteiger partial charge in [0.2, 0.25) is 5.91 Å². The highest BCUT2D eigenvalue weighted by molar-refractivity contribution is 5.94. The van der Waals surface area contributed by atoms with Crippen molar-refractivity contribution in [1.29, 1.82) is 0 Å². The summed E-state index contributed by atoms with van der Waals surface area (Å²) in [7, 11) is 0. The van der Waals surface area contributed by atoms with Gasteiger partial charge in [0.1, 0.15) is 5.69 Å². The zero-order chi connectivity index (χ0) is 15.2. The van der Waals surface area contributed by atoms with Crippen molar-refractivity contribution in [3.63, 3.8) is 0 Å². The van der Waals surface area contributed by atoms with Gasteiger partial charge >= 0.3 is 0 Å². The van der Waals surface area contributed by atoms with E-state index in [0.29, 0.717) is 17.5 Å². The minimum atomic E-state index is -0.507. The van der Waals surface area contributed by atoms with E-state index in [4.69, 9.17) is 0 Å². The number of hydrogen-bond donors (Lipinski definition) is 2. The lowest BCUT2D eigenvalue weighted by Gasteiger charge is -2.37. The van der Waals surface area contributed by atoms with Crippen LogP contribution >= 0.6 is 0 Å². The average molecular weight is 289 g/mol. The first-order valence-corrected chi connectivity index (χ1v) is 7.62. The molecule has 0 radical (unpaired) electrons. The Hall–Kier alpha value is -1.62. The molecule has 2 atom stereocenters. The Bertz CT molecular complexity index is 627. The third-order valence-electron chi connectivity index (χ3n) is 4.44. The lowest BCUT2D eigenvalue weighted by atomic mass is 9.84. The second-order valence-corrected chi connectivity index (χ2v) is 7.25. The Morgan fingerprint density at radius 3 is 2.81 bits per heavy atom. The molecule has 2 bridgehead atoms. The van der Waals surface area contributed by atoms with E-state index >= 15 is 0 Å². The number of carbonyl (C=O) groups is 1. The molecule has 5 heteroatoms. The SMILES string of the molecule is CC(C)(C)C(=O)Nc1ccc2n(c1=O)C[C@@H]1CNC[C@H]2C1. The molecule has 3 heterocycles. The molecule has 1 aromatic rings. The molecule has 2 N–H and O–H groups in total. The molecule has 0 unspecified atom stereocenters. The van der Waals surface area contributed by atoms with Crippen molar-refractivity contribution in [2.24, 2.45) is 11.3 Å². The van der Waals surface area contributed by atoms with Crippen LogP contribution in [0.1, 0.15) is 38.8 Å². The molecular weight excluding hydrogens is 266 g/mol. The molecule has 1 amide bonds. The lowest BCUT2D eigenvalue weighted by Crippen LogP contribution is -2.45. The molecule has 0 saturated carbocycles. The number of pyridine rings is 1. The summed E-state index contributed by atoms with van der Waals surface area (Å²) in [5.41, 5.74) is 0.915. The number of piperidine rings is 1. The molecule has 0 aliphatic carbocycles. The predicted octanol–water partition coefficient (Wildman–Crippen LogP) is 1.54. The Morgan fingerprint density at radius 2 is 2.10 bits per heavy atom. The fraction of sp³-hybridized carbons (Fsp3) is 0.625. The highest BCUT2D eigenvalue weighted by Crippen LogP contribution is 2.32. The van der Waals surface area contributed by atoms with Crippen molar-refractivity contribution in [2.75, 3.05) is 18.4 Å². The number of nitrogens with zero attached hydrogens (tertiary/aromatic N) is 1. The van der Waals surface area contributed by atoms with Crippen LogP contribution in [0, 0.1) is 11.3 Å². The number of rotatable bonds is 1. The van der Waals surface area contributed by atoms with E-state index in [1.807, 2.05) is 31.4 Å². The number of amides is 1. The summed E-state index contributed by atoms with van der Waals surface area (Å²) < 4.78 is 1.86. The predicted molar refractivity (Wildman–Crippen MR) is 82.5 cm³/mol. The quantitative estimate of drug-likeness (QED) is 0.824. The van der Waals surface area contributed by atoms with Crippen molar-refractivity contribution in [3.05, 3.63) is 28.2 Å². The molecule has 0 aromatic carbocycles. The van der Waals surface area contributed by atoms with Gasteiger partial charge in [0.25, 0.3) is 5.56 Å². The lowest BCUT2D eigenvalue weighted by molar-refractivity contribution is -0.123. The van der Waals surface area contributed by atoms with Gasteiger partial charge in [-0.2, -0.15) is 0 Å². The van der Waals surface area contributed by atoms with Gasteiger partial charge in [0, 0.05) is 30.1 Å². The van der Waals surface area contributed by atoms with E-state index in [1.54, 1.807) is 6.07 Å². The maximum absolute atomic E-state index is 12.6. The summed E-state index contributed by atoms with van der Waals surface area (Å²) in [6.45, 7) is 8.18. The van der Waals surface area contributed by atoms with Crippen molar-refractivity contribution in [1.82, 2.24) is 9.88 Å². The molecule has 21 heavy (non-hydrogen) atoms. The van der Waals surface area contributed by atoms with Gasteiger partial charge in [-0.1, -0.05) is 20.8 Å². The van der Waals surface area contributed by atoms with Crippen molar-refractivity contribution < 1.29 is 4.79 Å².